The van der Waals surface area contributed by atoms with Crippen molar-refractivity contribution in [2.45, 2.75) is 64.8 Å². The fraction of sp³-hybridized carbons (Fsp3) is 0.531. The number of carbonyl (C=O) groups excluding carboxylic acids is 2. The number of hydrogen-bond acceptors (Lipinski definition) is 6. The summed E-state index contributed by atoms with van der Waals surface area (Å²) in [7, 11) is 0. The van der Waals surface area contributed by atoms with Crippen molar-refractivity contribution in [2.24, 2.45) is 0 Å². The number of ether oxygens (including phenoxy) is 3. The Balaban J connectivity index is 1.61. The van der Waals surface area contributed by atoms with Crippen LogP contribution in [-0.4, -0.2) is 74.0 Å². The minimum absolute atomic E-state index is 0.0355. The van der Waals surface area contributed by atoms with E-state index in [1.807, 2.05) is 24.3 Å². The summed E-state index contributed by atoms with van der Waals surface area (Å²) in [6, 6.07) is 8.03. The van der Waals surface area contributed by atoms with E-state index < -0.39 is 5.97 Å². The van der Waals surface area contributed by atoms with Crippen LogP contribution in [0, 0.1) is 0 Å². The summed E-state index contributed by atoms with van der Waals surface area (Å²) in [5, 5.41) is 11.4. The number of allylic oxidation sites excluding steroid dienone is 3. The van der Waals surface area contributed by atoms with Gasteiger partial charge in [0.1, 0.15) is 0 Å². The van der Waals surface area contributed by atoms with Crippen molar-refractivity contribution in [3.05, 3.63) is 65.4 Å². The number of unbranched alkanes of at least 4 members (excludes halogenated alkanes) is 2. The number of benzene rings is 1. The van der Waals surface area contributed by atoms with E-state index >= 15 is 0 Å². The summed E-state index contributed by atoms with van der Waals surface area (Å²) in [5.41, 5.74) is 4.01. The van der Waals surface area contributed by atoms with Crippen LogP contribution in [0.4, 0.5) is 0 Å². The van der Waals surface area contributed by atoms with Crippen molar-refractivity contribution in [1.82, 2.24) is 10.2 Å². The van der Waals surface area contributed by atoms with Crippen LogP contribution in [0.15, 0.2) is 54.3 Å². The predicted octanol–water partition coefficient (Wildman–Crippen LogP) is 4.87. The molecule has 1 aromatic carbocycles. The van der Waals surface area contributed by atoms with Crippen molar-refractivity contribution in [3.8, 4) is 0 Å². The number of nitrogens with one attached hydrogen (secondary N) is 1. The van der Waals surface area contributed by atoms with Gasteiger partial charge in [0.2, 0.25) is 11.8 Å². The van der Waals surface area contributed by atoms with E-state index in [0.29, 0.717) is 46.1 Å². The van der Waals surface area contributed by atoms with E-state index in [1.54, 1.807) is 11.0 Å². The maximum atomic E-state index is 13.3. The molecule has 9 nitrogen and oxygen atoms in total. The lowest BCUT2D eigenvalue weighted by Crippen LogP contribution is -2.33. The monoisotopic (exact) mass is 570 g/mol. The molecule has 0 bridgehead atoms. The van der Waals surface area contributed by atoms with Crippen LogP contribution in [0.5, 0.6) is 0 Å². The molecule has 2 amide bonds. The van der Waals surface area contributed by atoms with E-state index in [0.717, 1.165) is 54.5 Å². The fourth-order valence-electron chi connectivity index (χ4n) is 4.36. The molecule has 0 fully saturated rings. The second-order valence-electron chi connectivity index (χ2n) is 9.77. The highest BCUT2D eigenvalue weighted by Gasteiger charge is 2.22. The molecule has 9 heteroatoms. The average molecular weight is 571 g/mol. The van der Waals surface area contributed by atoms with Crippen molar-refractivity contribution < 1.29 is 33.7 Å². The summed E-state index contributed by atoms with van der Waals surface area (Å²) in [6.45, 7) is 9.62. The first kappa shape index (κ1) is 33.9. The third-order valence-electron chi connectivity index (χ3n) is 6.53. The number of nitrogens with zero attached hydrogens (tertiary/aromatic N) is 1. The topological polar surface area (TPSA) is 114 Å². The number of carbonyl (C=O) groups is 3. The van der Waals surface area contributed by atoms with E-state index in [4.69, 9.17) is 19.3 Å². The number of aliphatic carboxylic acids is 1. The number of amides is 2. The van der Waals surface area contributed by atoms with Crippen LogP contribution in [0.3, 0.4) is 0 Å². The third-order valence-corrected chi connectivity index (χ3v) is 6.53. The molecule has 41 heavy (non-hydrogen) atoms. The fourth-order valence-corrected chi connectivity index (χ4v) is 4.36. The molecule has 226 valence electrons. The van der Waals surface area contributed by atoms with Crippen molar-refractivity contribution in [1.29, 1.82) is 0 Å². The van der Waals surface area contributed by atoms with Crippen molar-refractivity contribution in [3.63, 3.8) is 0 Å². The van der Waals surface area contributed by atoms with Gasteiger partial charge in [-0.25, -0.2) is 0 Å². The first-order valence-electron chi connectivity index (χ1n) is 14.6. The summed E-state index contributed by atoms with van der Waals surface area (Å²) < 4.78 is 16.3. The molecule has 2 N–H and O–H groups in total. The zero-order valence-corrected chi connectivity index (χ0v) is 24.4. The van der Waals surface area contributed by atoms with E-state index in [9.17, 15) is 14.4 Å². The Labute approximate surface area is 244 Å². The second kappa shape index (κ2) is 20.6. The van der Waals surface area contributed by atoms with Crippen molar-refractivity contribution >= 4 is 23.9 Å². The first-order valence-corrected chi connectivity index (χ1v) is 14.6. The maximum Gasteiger partial charge on any atom is 0.305 e. The zero-order valence-electron chi connectivity index (χ0n) is 24.4. The zero-order chi connectivity index (χ0) is 29.7. The molecule has 0 atom stereocenters. The predicted molar refractivity (Wildman–Crippen MR) is 159 cm³/mol. The highest BCUT2D eigenvalue weighted by Crippen LogP contribution is 2.27. The number of hydrogen-bond donors (Lipinski definition) is 2. The molecule has 0 aliphatic carbocycles. The van der Waals surface area contributed by atoms with Gasteiger partial charge in [0.15, 0.2) is 0 Å². The van der Waals surface area contributed by atoms with Crippen LogP contribution in [0.2, 0.25) is 0 Å². The van der Waals surface area contributed by atoms with Crippen LogP contribution < -0.4 is 5.32 Å². The Morgan fingerprint density at radius 2 is 1.63 bits per heavy atom. The summed E-state index contributed by atoms with van der Waals surface area (Å²) in [5.74, 6) is -1.14. The Hall–Kier alpha value is -3.27. The number of carboxylic acid groups (broad SMARTS) is 1. The van der Waals surface area contributed by atoms with Gasteiger partial charge in [-0.05, 0) is 48.5 Å². The molecule has 2 rings (SSSR count). The molecular formula is C32H46N2O7. The molecule has 0 saturated carbocycles. The van der Waals surface area contributed by atoms with Gasteiger partial charge in [0.05, 0.1) is 39.4 Å². The van der Waals surface area contributed by atoms with Gasteiger partial charge >= 0.3 is 5.97 Å². The molecule has 0 radical (unpaired) electrons. The first-order chi connectivity index (χ1) is 20.0. The van der Waals surface area contributed by atoms with Gasteiger partial charge in [0.25, 0.3) is 0 Å². The largest absolute Gasteiger partial charge is 0.481 e. The van der Waals surface area contributed by atoms with Crippen LogP contribution in [0.25, 0.3) is 6.08 Å². The Morgan fingerprint density at radius 3 is 2.34 bits per heavy atom. The lowest BCUT2D eigenvalue weighted by atomic mass is 9.98. The van der Waals surface area contributed by atoms with E-state index in [1.165, 1.54) is 0 Å². The SMILES string of the molecule is C=C/C1=C(CCC)/C=C\c2ccccc2CN1C(=O)CCC(=O)NCCOCCOCCCCCOCCC(=O)O. The smallest absolute Gasteiger partial charge is 0.305 e. The molecule has 1 aliphatic rings. The number of carboxylic acids is 1. The Kier molecular flexibility index (Phi) is 17.0. The molecule has 1 aliphatic heterocycles. The quantitative estimate of drug-likeness (QED) is 0.203. The highest BCUT2D eigenvalue weighted by atomic mass is 16.5. The van der Waals surface area contributed by atoms with Crippen LogP contribution in [0.1, 0.15) is 69.4 Å². The van der Waals surface area contributed by atoms with Crippen molar-refractivity contribution in [2.75, 3.05) is 46.2 Å². The second-order valence-corrected chi connectivity index (χ2v) is 9.77. The van der Waals surface area contributed by atoms with Gasteiger partial charge in [0, 0.05) is 38.3 Å². The van der Waals surface area contributed by atoms with E-state index in [-0.39, 0.29) is 37.7 Å². The summed E-state index contributed by atoms with van der Waals surface area (Å²) >= 11 is 0. The highest BCUT2D eigenvalue weighted by molar-refractivity contribution is 5.85. The number of fused-ring (bicyclic) bond motifs is 1. The summed E-state index contributed by atoms with van der Waals surface area (Å²) in [4.78, 5) is 37.8. The van der Waals surface area contributed by atoms with Gasteiger partial charge in [-0.3, -0.25) is 14.4 Å². The molecule has 0 spiro atoms. The molecule has 0 aromatic heterocycles. The van der Waals surface area contributed by atoms with Crippen LogP contribution >= 0.6 is 0 Å². The summed E-state index contributed by atoms with van der Waals surface area (Å²) in [6.07, 6.45) is 10.7. The third kappa shape index (κ3) is 13.8. The van der Waals surface area contributed by atoms with Crippen LogP contribution in [-0.2, 0) is 35.1 Å². The van der Waals surface area contributed by atoms with Gasteiger partial charge in [-0.2, -0.15) is 0 Å². The maximum absolute atomic E-state index is 13.3. The van der Waals surface area contributed by atoms with E-state index in [2.05, 4.69) is 31.0 Å². The molecular weight excluding hydrogens is 524 g/mol. The minimum atomic E-state index is -0.847. The average Bonchev–Trinajstić information content (AvgIpc) is 2.95. The molecule has 1 heterocycles. The number of rotatable bonds is 21. The standard InChI is InChI=1S/C32H46N2O7/c1-3-10-27-14-13-26-11-6-7-12-28(26)25-34(29(27)4-2)31(36)16-15-30(35)33-18-22-41-24-23-40-20-9-5-8-19-39-21-17-32(37)38/h4,6-7,11-14H,2-3,5,8-10,15-25H2,1H3,(H,33,35)(H,37,38)/b14-13-,29-27-. The molecule has 0 saturated heterocycles. The normalized spacial score (nSPS) is 15.5. The lowest BCUT2D eigenvalue weighted by Gasteiger charge is -2.28. The van der Waals surface area contributed by atoms with Gasteiger partial charge < -0.3 is 29.5 Å². The molecule has 1 aromatic rings. The van der Waals surface area contributed by atoms with Gasteiger partial charge in [-0.1, -0.05) is 56.3 Å². The Bertz CT molecular complexity index is 1030. The minimum Gasteiger partial charge on any atom is -0.481 e. The Morgan fingerprint density at radius 1 is 0.927 bits per heavy atom. The van der Waals surface area contributed by atoms with Gasteiger partial charge in [-0.15, -0.1) is 0 Å². The molecule has 0 unspecified atom stereocenters. The lowest BCUT2D eigenvalue weighted by molar-refractivity contribution is -0.138.